The van der Waals surface area contributed by atoms with Crippen molar-refractivity contribution >= 4 is 28.2 Å². The van der Waals surface area contributed by atoms with Gasteiger partial charge in [0.15, 0.2) is 0 Å². The molecule has 1 amide bonds. The van der Waals surface area contributed by atoms with Gasteiger partial charge >= 0.3 is 5.97 Å². The van der Waals surface area contributed by atoms with Gasteiger partial charge in [0.2, 0.25) is 0 Å². The van der Waals surface area contributed by atoms with Crippen LogP contribution in [0.25, 0.3) is 5.69 Å². The molecule has 0 spiro atoms. The number of benzene rings is 1. The second-order valence-corrected chi connectivity index (χ2v) is 5.95. The minimum absolute atomic E-state index is 0.191. The number of carbonyl (C=O) groups excluding carboxylic acids is 2. The van der Waals surface area contributed by atoms with Gasteiger partial charge in [-0.25, -0.2) is 9.18 Å². The molecular formula is C17H13FN2O3S. The van der Waals surface area contributed by atoms with Gasteiger partial charge in [-0.05, 0) is 42.5 Å². The van der Waals surface area contributed by atoms with Gasteiger partial charge in [0.25, 0.3) is 5.91 Å². The highest BCUT2D eigenvalue weighted by Gasteiger charge is 2.14. The molecule has 2 heterocycles. The number of nitrogens with one attached hydrogen (secondary N) is 1. The molecule has 3 aromatic rings. The van der Waals surface area contributed by atoms with Crippen LogP contribution < -0.4 is 5.32 Å². The number of thiophene rings is 1. The van der Waals surface area contributed by atoms with E-state index in [2.05, 4.69) is 10.1 Å². The molecule has 24 heavy (non-hydrogen) atoms. The number of nitrogens with zero attached hydrogens (tertiary/aromatic N) is 1. The number of anilines is 1. The molecule has 0 fully saturated rings. The molecule has 122 valence electrons. The third-order valence-electron chi connectivity index (χ3n) is 3.32. The first-order chi connectivity index (χ1) is 11.6. The van der Waals surface area contributed by atoms with Gasteiger partial charge in [-0.3, -0.25) is 4.79 Å². The normalized spacial score (nSPS) is 10.4. The van der Waals surface area contributed by atoms with Crippen LogP contribution in [-0.2, 0) is 4.74 Å². The number of aromatic nitrogens is 1. The Morgan fingerprint density at radius 1 is 1.17 bits per heavy atom. The first kappa shape index (κ1) is 15.9. The minimum Gasteiger partial charge on any atom is -0.465 e. The van der Waals surface area contributed by atoms with Gasteiger partial charge in [-0.2, -0.15) is 0 Å². The molecule has 0 saturated heterocycles. The number of hydrogen-bond acceptors (Lipinski definition) is 4. The number of carbonyl (C=O) groups is 2. The van der Waals surface area contributed by atoms with Gasteiger partial charge in [-0.1, -0.05) is 0 Å². The fourth-order valence-corrected chi connectivity index (χ4v) is 2.97. The Bertz CT molecular complexity index is 887. The quantitative estimate of drug-likeness (QED) is 0.734. The highest BCUT2D eigenvalue weighted by atomic mass is 32.1. The summed E-state index contributed by atoms with van der Waals surface area (Å²) in [6.45, 7) is 0. The van der Waals surface area contributed by atoms with Gasteiger partial charge in [0.05, 0.1) is 17.8 Å². The predicted octanol–water partition coefficient (Wildman–Crippen LogP) is 3.72. The first-order valence-corrected chi connectivity index (χ1v) is 7.82. The summed E-state index contributed by atoms with van der Waals surface area (Å²) < 4.78 is 20.4. The Hall–Kier alpha value is -2.93. The largest absolute Gasteiger partial charge is 0.465 e. The maximum absolute atomic E-state index is 14.2. The summed E-state index contributed by atoms with van der Waals surface area (Å²) in [4.78, 5) is 24.0. The van der Waals surface area contributed by atoms with E-state index in [1.807, 2.05) is 0 Å². The lowest BCUT2D eigenvalue weighted by Crippen LogP contribution is -2.11. The van der Waals surface area contributed by atoms with E-state index in [-0.39, 0.29) is 5.56 Å². The lowest BCUT2D eigenvalue weighted by atomic mass is 10.2. The second-order valence-electron chi connectivity index (χ2n) is 4.87. The van der Waals surface area contributed by atoms with E-state index in [0.717, 1.165) is 11.3 Å². The van der Waals surface area contributed by atoms with E-state index < -0.39 is 17.7 Å². The van der Waals surface area contributed by atoms with Crippen LogP contribution in [0.3, 0.4) is 0 Å². The van der Waals surface area contributed by atoms with Crippen LogP contribution in [0.2, 0.25) is 0 Å². The topological polar surface area (TPSA) is 60.3 Å². The van der Waals surface area contributed by atoms with Crippen LogP contribution in [0.5, 0.6) is 0 Å². The average Bonchev–Trinajstić information content (AvgIpc) is 3.25. The minimum atomic E-state index is -0.500. The standard InChI is InChI=1S/C17H13FN2O3S/c1-23-17(22)14-6-7-15(24-14)19-16(21)11-4-5-13(12(18)10-11)20-8-2-3-9-20/h2-10H,1H3,(H,19,21). The molecule has 2 aromatic heterocycles. The second kappa shape index (κ2) is 6.67. The van der Waals surface area contributed by atoms with E-state index in [1.165, 1.54) is 13.2 Å². The summed E-state index contributed by atoms with van der Waals surface area (Å²) in [6.07, 6.45) is 3.44. The molecule has 0 aliphatic rings. The Kier molecular flexibility index (Phi) is 4.43. The van der Waals surface area contributed by atoms with Crippen LogP contribution in [0.15, 0.2) is 54.9 Å². The zero-order valence-corrected chi connectivity index (χ0v) is 13.5. The molecule has 1 aromatic carbocycles. The number of rotatable bonds is 4. The molecule has 3 rings (SSSR count). The number of methoxy groups -OCH3 is 1. The van der Waals surface area contributed by atoms with Crippen molar-refractivity contribution in [2.75, 3.05) is 12.4 Å². The summed E-state index contributed by atoms with van der Waals surface area (Å²) in [6, 6.07) is 11.0. The Morgan fingerprint density at radius 2 is 1.92 bits per heavy atom. The molecule has 7 heteroatoms. The average molecular weight is 344 g/mol. The van der Waals surface area contributed by atoms with Gasteiger partial charge < -0.3 is 14.6 Å². The van der Waals surface area contributed by atoms with Crippen LogP contribution in [-0.4, -0.2) is 23.6 Å². The SMILES string of the molecule is COC(=O)c1ccc(NC(=O)c2ccc(-n3cccc3)c(F)c2)s1. The molecule has 0 unspecified atom stereocenters. The van der Waals surface area contributed by atoms with Crippen molar-refractivity contribution in [3.05, 3.63) is 71.1 Å². The van der Waals surface area contributed by atoms with Gasteiger partial charge in [0, 0.05) is 18.0 Å². The van der Waals surface area contributed by atoms with Crippen LogP contribution in [0, 0.1) is 5.82 Å². The van der Waals surface area contributed by atoms with Crippen molar-refractivity contribution in [2.24, 2.45) is 0 Å². The fourth-order valence-electron chi connectivity index (χ4n) is 2.15. The summed E-state index contributed by atoms with van der Waals surface area (Å²) in [5.74, 6) is -1.42. The van der Waals surface area contributed by atoms with Gasteiger partial charge in [0.1, 0.15) is 10.7 Å². The van der Waals surface area contributed by atoms with Crippen LogP contribution in [0.4, 0.5) is 9.39 Å². The van der Waals surface area contributed by atoms with E-state index in [4.69, 9.17) is 0 Å². The highest BCUT2D eigenvalue weighted by Crippen LogP contribution is 2.23. The number of ether oxygens (including phenoxy) is 1. The fraction of sp³-hybridized carbons (Fsp3) is 0.0588. The highest BCUT2D eigenvalue weighted by molar-refractivity contribution is 7.18. The molecule has 5 nitrogen and oxygen atoms in total. The maximum Gasteiger partial charge on any atom is 0.348 e. The van der Waals surface area contributed by atoms with Crippen LogP contribution >= 0.6 is 11.3 Å². The summed E-state index contributed by atoms with van der Waals surface area (Å²) in [5.41, 5.74) is 0.553. The number of esters is 1. The third kappa shape index (κ3) is 3.21. The molecular weight excluding hydrogens is 331 g/mol. The maximum atomic E-state index is 14.2. The molecule has 0 atom stereocenters. The number of amides is 1. The predicted molar refractivity (Wildman–Crippen MR) is 89.3 cm³/mol. The van der Waals surface area contributed by atoms with Crippen molar-refractivity contribution in [3.8, 4) is 5.69 Å². The Morgan fingerprint density at radius 3 is 2.58 bits per heavy atom. The van der Waals surface area contributed by atoms with Gasteiger partial charge in [-0.15, -0.1) is 11.3 Å². The van der Waals surface area contributed by atoms with E-state index in [0.29, 0.717) is 15.6 Å². The molecule has 0 saturated carbocycles. The summed E-state index contributed by atoms with van der Waals surface area (Å²) in [7, 11) is 1.29. The Balaban J connectivity index is 1.77. The van der Waals surface area contributed by atoms with E-state index in [9.17, 15) is 14.0 Å². The zero-order valence-electron chi connectivity index (χ0n) is 12.7. The summed E-state index contributed by atoms with van der Waals surface area (Å²) in [5, 5.41) is 3.12. The molecule has 0 radical (unpaired) electrons. The number of halogens is 1. The lowest BCUT2D eigenvalue weighted by molar-refractivity contribution is 0.0606. The third-order valence-corrected chi connectivity index (χ3v) is 4.30. The summed E-state index contributed by atoms with van der Waals surface area (Å²) >= 11 is 1.09. The number of hydrogen-bond donors (Lipinski definition) is 1. The van der Waals surface area contributed by atoms with Crippen molar-refractivity contribution in [1.82, 2.24) is 4.57 Å². The first-order valence-electron chi connectivity index (χ1n) is 7.01. The van der Waals surface area contributed by atoms with Crippen LogP contribution in [0.1, 0.15) is 20.0 Å². The molecule has 0 aliphatic carbocycles. The molecule has 0 aliphatic heterocycles. The van der Waals surface area contributed by atoms with Crippen molar-refractivity contribution in [3.63, 3.8) is 0 Å². The molecule has 1 N–H and O–H groups in total. The smallest absolute Gasteiger partial charge is 0.348 e. The molecule has 0 bridgehead atoms. The van der Waals surface area contributed by atoms with Crippen molar-refractivity contribution < 1.29 is 18.7 Å². The zero-order chi connectivity index (χ0) is 17.1. The van der Waals surface area contributed by atoms with E-state index in [1.54, 1.807) is 53.4 Å². The van der Waals surface area contributed by atoms with E-state index >= 15 is 0 Å². The lowest BCUT2D eigenvalue weighted by Gasteiger charge is -2.07. The monoisotopic (exact) mass is 344 g/mol. The van der Waals surface area contributed by atoms with Crippen molar-refractivity contribution in [1.29, 1.82) is 0 Å². The Labute approximate surface area is 141 Å². The van der Waals surface area contributed by atoms with Crippen molar-refractivity contribution in [2.45, 2.75) is 0 Å².